The number of nitriles is 1. The Balaban J connectivity index is 1.32. The van der Waals surface area contributed by atoms with Gasteiger partial charge in [0.25, 0.3) is 15.9 Å². The predicted molar refractivity (Wildman–Crippen MR) is 114 cm³/mol. The van der Waals surface area contributed by atoms with E-state index < -0.39 is 10.0 Å². The Labute approximate surface area is 183 Å². The normalized spacial score (nSPS) is 18.2. The third-order valence-corrected chi connectivity index (χ3v) is 6.71. The van der Waals surface area contributed by atoms with E-state index in [4.69, 9.17) is 9.68 Å². The Morgan fingerprint density at radius 1 is 1.22 bits per heavy atom. The van der Waals surface area contributed by atoms with Crippen LogP contribution < -0.4 is 10.0 Å². The summed E-state index contributed by atoms with van der Waals surface area (Å²) in [6.45, 7) is 1.72. The van der Waals surface area contributed by atoms with Crippen LogP contribution in [0.5, 0.6) is 0 Å². The molecule has 1 fully saturated rings. The fourth-order valence-electron chi connectivity index (χ4n) is 3.67. The lowest BCUT2D eigenvalue weighted by Gasteiger charge is -2.37. The van der Waals surface area contributed by atoms with Crippen molar-refractivity contribution in [1.29, 1.82) is 5.26 Å². The number of fused-ring (bicyclic) bond motifs is 1. The molecule has 0 amide bonds. The van der Waals surface area contributed by atoms with Crippen LogP contribution in [0.4, 0.5) is 5.69 Å². The molecule has 12 heteroatoms. The average molecular weight is 450 g/mol. The standard InChI is InChI=1S/C20H18N8O3S/c1-11-26-27-20(31-11)16-10-24-19-15(3-5-23-19)18(16)25-13-7-14(8-13)28-32(29,30)17-6-12(9-21)2-4-22-17/h2-6,10,13-14,28H,7-8H2,1H3,(H2,23,24,25)/t13-,14+. The van der Waals surface area contributed by atoms with Gasteiger partial charge in [0, 0.05) is 43.0 Å². The smallest absolute Gasteiger partial charge is 0.258 e. The zero-order chi connectivity index (χ0) is 22.3. The average Bonchev–Trinajstić information content (AvgIpc) is 3.41. The number of nitrogens with one attached hydrogen (secondary N) is 3. The second-order valence-electron chi connectivity index (χ2n) is 7.54. The number of hydrogen-bond donors (Lipinski definition) is 3. The molecule has 4 heterocycles. The highest BCUT2D eigenvalue weighted by Crippen LogP contribution is 2.36. The molecule has 0 unspecified atom stereocenters. The minimum atomic E-state index is -3.81. The van der Waals surface area contributed by atoms with E-state index in [0.29, 0.717) is 35.8 Å². The van der Waals surface area contributed by atoms with Crippen molar-refractivity contribution in [2.24, 2.45) is 0 Å². The molecule has 1 aliphatic carbocycles. The van der Waals surface area contributed by atoms with Gasteiger partial charge in [-0.1, -0.05) is 0 Å². The molecule has 0 saturated heterocycles. The zero-order valence-electron chi connectivity index (χ0n) is 16.9. The summed E-state index contributed by atoms with van der Waals surface area (Å²) >= 11 is 0. The summed E-state index contributed by atoms with van der Waals surface area (Å²) in [5, 5.41) is 21.2. The number of aromatic nitrogens is 5. The molecule has 32 heavy (non-hydrogen) atoms. The van der Waals surface area contributed by atoms with Gasteiger partial charge in [0.1, 0.15) is 5.65 Å². The van der Waals surface area contributed by atoms with Crippen molar-refractivity contribution in [2.75, 3.05) is 5.32 Å². The number of H-pyrrole nitrogens is 1. The summed E-state index contributed by atoms with van der Waals surface area (Å²) in [5.41, 5.74) is 2.44. The SMILES string of the molecule is Cc1nnc(-c2cnc3[nH]ccc3c2N[C@H]2C[C@@H](NS(=O)(=O)c3cc(C#N)ccn3)C2)o1. The zero-order valence-corrected chi connectivity index (χ0v) is 17.7. The highest BCUT2D eigenvalue weighted by molar-refractivity contribution is 7.89. The van der Waals surface area contributed by atoms with E-state index in [9.17, 15) is 8.42 Å². The van der Waals surface area contributed by atoms with Gasteiger partial charge in [0.15, 0.2) is 5.03 Å². The molecule has 3 N–H and O–H groups in total. The molecular weight excluding hydrogens is 432 g/mol. The Bertz CT molecular complexity index is 1450. The number of anilines is 1. The molecule has 4 aromatic rings. The van der Waals surface area contributed by atoms with E-state index in [-0.39, 0.29) is 22.7 Å². The van der Waals surface area contributed by atoms with Crippen LogP contribution in [-0.4, -0.2) is 45.7 Å². The molecule has 1 saturated carbocycles. The summed E-state index contributed by atoms with van der Waals surface area (Å²) in [5.74, 6) is 0.813. The van der Waals surface area contributed by atoms with Crippen molar-refractivity contribution >= 4 is 26.7 Å². The van der Waals surface area contributed by atoms with E-state index >= 15 is 0 Å². The first-order valence-corrected chi connectivity index (χ1v) is 11.3. The van der Waals surface area contributed by atoms with Crippen LogP contribution in [0, 0.1) is 18.3 Å². The molecule has 0 radical (unpaired) electrons. The fraction of sp³-hybridized carbons (Fsp3) is 0.250. The molecule has 0 atom stereocenters. The molecule has 1 aliphatic rings. The van der Waals surface area contributed by atoms with E-state index in [1.54, 1.807) is 19.3 Å². The maximum atomic E-state index is 12.6. The topological polar surface area (TPSA) is 162 Å². The van der Waals surface area contributed by atoms with Crippen LogP contribution in [0.2, 0.25) is 0 Å². The highest BCUT2D eigenvalue weighted by atomic mass is 32.2. The van der Waals surface area contributed by atoms with E-state index in [0.717, 1.165) is 11.1 Å². The van der Waals surface area contributed by atoms with E-state index in [2.05, 4.69) is 35.2 Å². The summed E-state index contributed by atoms with van der Waals surface area (Å²) in [4.78, 5) is 11.4. The third kappa shape index (κ3) is 3.68. The van der Waals surface area contributed by atoms with Gasteiger partial charge in [-0.25, -0.2) is 23.1 Å². The van der Waals surface area contributed by atoms with Crippen LogP contribution in [0.25, 0.3) is 22.5 Å². The molecule has 0 aromatic carbocycles. The Morgan fingerprint density at radius 2 is 2.06 bits per heavy atom. The van der Waals surface area contributed by atoms with Gasteiger partial charge in [0.05, 0.1) is 22.9 Å². The van der Waals surface area contributed by atoms with Gasteiger partial charge in [-0.15, -0.1) is 10.2 Å². The lowest BCUT2D eigenvalue weighted by Crippen LogP contribution is -2.49. The van der Waals surface area contributed by atoms with Gasteiger partial charge in [-0.2, -0.15) is 5.26 Å². The Hall–Kier alpha value is -3.82. The van der Waals surface area contributed by atoms with Crippen LogP contribution >= 0.6 is 0 Å². The van der Waals surface area contributed by atoms with Gasteiger partial charge in [0.2, 0.25) is 5.89 Å². The van der Waals surface area contributed by atoms with Crippen LogP contribution in [-0.2, 0) is 10.0 Å². The number of aromatic amines is 1. The maximum absolute atomic E-state index is 12.6. The first-order chi connectivity index (χ1) is 15.4. The quantitative estimate of drug-likeness (QED) is 0.399. The molecule has 0 bridgehead atoms. The van der Waals surface area contributed by atoms with Gasteiger partial charge < -0.3 is 14.7 Å². The van der Waals surface area contributed by atoms with Crippen molar-refractivity contribution in [1.82, 2.24) is 29.9 Å². The number of sulfonamides is 1. The van der Waals surface area contributed by atoms with Crippen LogP contribution in [0.3, 0.4) is 0 Å². The number of rotatable bonds is 6. The summed E-state index contributed by atoms with van der Waals surface area (Å²) in [6.07, 6.45) is 5.93. The minimum absolute atomic E-state index is 0.0318. The van der Waals surface area contributed by atoms with Crippen molar-refractivity contribution in [3.63, 3.8) is 0 Å². The molecule has 0 aliphatic heterocycles. The van der Waals surface area contributed by atoms with Crippen LogP contribution in [0.15, 0.2) is 46.2 Å². The summed E-state index contributed by atoms with van der Waals surface area (Å²) in [6, 6.07) is 6.33. The highest BCUT2D eigenvalue weighted by Gasteiger charge is 2.34. The number of hydrogen-bond acceptors (Lipinski definition) is 9. The lowest BCUT2D eigenvalue weighted by molar-refractivity contribution is 0.346. The molecular formula is C20H18N8O3S. The second kappa shape index (κ2) is 7.70. The minimum Gasteiger partial charge on any atom is -0.421 e. The summed E-state index contributed by atoms with van der Waals surface area (Å²) in [7, 11) is -3.81. The van der Waals surface area contributed by atoms with Gasteiger partial charge >= 0.3 is 0 Å². The van der Waals surface area contributed by atoms with Crippen molar-refractivity contribution in [3.05, 3.63) is 48.2 Å². The molecule has 162 valence electrons. The fourth-order valence-corrected chi connectivity index (χ4v) is 4.91. The third-order valence-electron chi connectivity index (χ3n) is 5.29. The molecule has 0 spiro atoms. The predicted octanol–water partition coefficient (Wildman–Crippen LogP) is 2.11. The largest absolute Gasteiger partial charge is 0.421 e. The first kappa shape index (κ1) is 20.1. The first-order valence-electron chi connectivity index (χ1n) is 9.84. The number of aryl methyl sites for hydroxylation is 1. The monoisotopic (exact) mass is 450 g/mol. The van der Waals surface area contributed by atoms with Crippen LogP contribution in [0.1, 0.15) is 24.3 Å². The Morgan fingerprint density at radius 3 is 2.81 bits per heavy atom. The number of pyridine rings is 2. The van der Waals surface area contributed by atoms with Gasteiger partial charge in [-0.05, 0) is 31.0 Å². The summed E-state index contributed by atoms with van der Waals surface area (Å²) < 4.78 is 33.5. The van der Waals surface area contributed by atoms with Crippen molar-refractivity contribution in [3.8, 4) is 17.5 Å². The lowest BCUT2D eigenvalue weighted by atomic mass is 9.87. The van der Waals surface area contributed by atoms with Crippen molar-refractivity contribution in [2.45, 2.75) is 36.9 Å². The molecule has 5 rings (SSSR count). The van der Waals surface area contributed by atoms with Gasteiger partial charge in [-0.3, -0.25) is 0 Å². The second-order valence-corrected chi connectivity index (χ2v) is 9.20. The van der Waals surface area contributed by atoms with Crippen molar-refractivity contribution < 1.29 is 12.8 Å². The molecule has 4 aromatic heterocycles. The molecule has 11 nitrogen and oxygen atoms in total. The maximum Gasteiger partial charge on any atom is 0.258 e. The van der Waals surface area contributed by atoms with E-state index in [1.165, 1.54) is 18.3 Å². The number of nitrogens with zero attached hydrogens (tertiary/aromatic N) is 5. The Kier molecular flexibility index (Phi) is 4.84. The van der Waals surface area contributed by atoms with E-state index in [1.807, 2.05) is 12.1 Å².